The van der Waals surface area contributed by atoms with Crippen LogP contribution in [0.5, 0.6) is 0 Å². The standard InChI is InChI=1S/C11H24N2O/c1-4-8(12)10-6-5-9(13)11(14-10)7(2)3/h7-11H,4-6,12-13H2,1-3H3/t8-,9-,10+,11-/m1/s1. The van der Waals surface area contributed by atoms with Gasteiger partial charge in [0.2, 0.25) is 0 Å². The molecular weight excluding hydrogens is 176 g/mol. The van der Waals surface area contributed by atoms with E-state index < -0.39 is 0 Å². The van der Waals surface area contributed by atoms with Crippen molar-refractivity contribution < 1.29 is 4.74 Å². The molecule has 1 heterocycles. The van der Waals surface area contributed by atoms with Crippen molar-refractivity contribution in [2.45, 2.75) is 64.3 Å². The summed E-state index contributed by atoms with van der Waals surface area (Å²) < 4.78 is 5.96. The van der Waals surface area contributed by atoms with Gasteiger partial charge < -0.3 is 16.2 Å². The minimum atomic E-state index is 0.170. The topological polar surface area (TPSA) is 61.3 Å². The number of hydrogen-bond acceptors (Lipinski definition) is 3. The van der Waals surface area contributed by atoms with E-state index in [1.807, 2.05) is 0 Å². The Morgan fingerprint density at radius 2 is 2.00 bits per heavy atom. The van der Waals surface area contributed by atoms with Crippen LogP contribution in [0.4, 0.5) is 0 Å². The van der Waals surface area contributed by atoms with Gasteiger partial charge in [-0.15, -0.1) is 0 Å². The highest BCUT2D eigenvalue weighted by Gasteiger charge is 2.32. The van der Waals surface area contributed by atoms with E-state index in [0.29, 0.717) is 5.92 Å². The van der Waals surface area contributed by atoms with Gasteiger partial charge in [0.05, 0.1) is 12.2 Å². The van der Waals surface area contributed by atoms with Crippen molar-refractivity contribution in [1.82, 2.24) is 0 Å². The first kappa shape index (κ1) is 12.0. The Hall–Kier alpha value is -0.120. The summed E-state index contributed by atoms with van der Waals surface area (Å²) in [5, 5.41) is 0. The lowest BCUT2D eigenvalue weighted by atomic mass is 9.90. The monoisotopic (exact) mass is 200 g/mol. The first-order chi connectivity index (χ1) is 6.56. The lowest BCUT2D eigenvalue weighted by Gasteiger charge is -2.39. The maximum absolute atomic E-state index is 6.02. The first-order valence-electron chi connectivity index (χ1n) is 5.72. The van der Waals surface area contributed by atoms with Crippen molar-refractivity contribution in [1.29, 1.82) is 0 Å². The lowest BCUT2D eigenvalue weighted by molar-refractivity contribution is -0.0910. The molecule has 0 saturated carbocycles. The van der Waals surface area contributed by atoms with Gasteiger partial charge in [0.25, 0.3) is 0 Å². The highest BCUT2D eigenvalue weighted by atomic mass is 16.5. The molecule has 1 fully saturated rings. The van der Waals surface area contributed by atoms with Crippen molar-refractivity contribution in [3.05, 3.63) is 0 Å². The minimum absolute atomic E-state index is 0.170. The van der Waals surface area contributed by atoms with Crippen molar-refractivity contribution in [3.63, 3.8) is 0 Å². The van der Waals surface area contributed by atoms with E-state index in [4.69, 9.17) is 16.2 Å². The maximum Gasteiger partial charge on any atom is 0.0753 e. The van der Waals surface area contributed by atoms with Gasteiger partial charge in [0.1, 0.15) is 0 Å². The predicted molar refractivity (Wildman–Crippen MR) is 59.0 cm³/mol. The van der Waals surface area contributed by atoms with Crippen LogP contribution in [0, 0.1) is 5.92 Å². The smallest absolute Gasteiger partial charge is 0.0753 e. The second kappa shape index (κ2) is 5.10. The molecule has 14 heavy (non-hydrogen) atoms. The van der Waals surface area contributed by atoms with Gasteiger partial charge in [-0.1, -0.05) is 20.8 Å². The summed E-state index contributed by atoms with van der Waals surface area (Å²) in [7, 11) is 0. The number of hydrogen-bond donors (Lipinski definition) is 2. The van der Waals surface area contributed by atoms with Crippen molar-refractivity contribution >= 4 is 0 Å². The zero-order valence-corrected chi connectivity index (χ0v) is 9.57. The molecule has 3 nitrogen and oxygen atoms in total. The van der Waals surface area contributed by atoms with E-state index >= 15 is 0 Å². The molecule has 1 rings (SSSR count). The van der Waals surface area contributed by atoms with E-state index in [0.717, 1.165) is 19.3 Å². The quantitative estimate of drug-likeness (QED) is 0.721. The summed E-state index contributed by atoms with van der Waals surface area (Å²) in [5.74, 6) is 0.483. The number of nitrogens with two attached hydrogens (primary N) is 2. The van der Waals surface area contributed by atoms with Crippen molar-refractivity contribution in [2.24, 2.45) is 17.4 Å². The van der Waals surface area contributed by atoms with Crippen LogP contribution in [0.15, 0.2) is 0 Å². The first-order valence-corrected chi connectivity index (χ1v) is 5.72. The van der Waals surface area contributed by atoms with Gasteiger partial charge in [0, 0.05) is 12.1 Å². The second-order valence-corrected chi connectivity index (χ2v) is 4.70. The molecule has 0 radical (unpaired) electrons. The molecule has 0 unspecified atom stereocenters. The molecule has 0 bridgehead atoms. The summed E-state index contributed by atoms with van der Waals surface area (Å²) in [6, 6.07) is 0.360. The highest BCUT2D eigenvalue weighted by Crippen LogP contribution is 2.25. The minimum Gasteiger partial charge on any atom is -0.371 e. The molecule has 0 spiro atoms. The molecule has 1 saturated heterocycles. The van der Waals surface area contributed by atoms with E-state index in [9.17, 15) is 0 Å². The van der Waals surface area contributed by atoms with Gasteiger partial charge in [-0.05, 0) is 25.2 Å². The zero-order chi connectivity index (χ0) is 10.7. The van der Waals surface area contributed by atoms with Crippen LogP contribution in [0.1, 0.15) is 40.0 Å². The molecule has 1 aliphatic rings. The summed E-state index contributed by atoms with van der Waals surface area (Å²) in [6.07, 6.45) is 3.43. The summed E-state index contributed by atoms with van der Waals surface area (Å²) in [4.78, 5) is 0. The third-order valence-electron chi connectivity index (χ3n) is 3.14. The molecule has 0 aliphatic carbocycles. The van der Waals surface area contributed by atoms with Crippen LogP contribution < -0.4 is 11.5 Å². The van der Waals surface area contributed by atoms with Crippen molar-refractivity contribution in [3.8, 4) is 0 Å². The van der Waals surface area contributed by atoms with Gasteiger partial charge >= 0.3 is 0 Å². The average molecular weight is 200 g/mol. The Kier molecular flexibility index (Phi) is 4.35. The molecule has 84 valence electrons. The van der Waals surface area contributed by atoms with E-state index in [2.05, 4.69) is 20.8 Å². The molecule has 0 aromatic heterocycles. The fourth-order valence-electron chi connectivity index (χ4n) is 2.12. The summed E-state index contributed by atoms with van der Waals surface area (Å²) >= 11 is 0. The van der Waals surface area contributed by atoms with Crippen LogP contribution in [0.25, 0.3) is 0 Å². The summed E-state index contributed by atoms with van der Waals surface area (Å²) in [5.41, 5.74) is 12.0. The molecule has 4 N–H and O–H groups in total. The van der Waals surface area contributed by atoms with Gasteiger partial charge in [-0.3, -0.25) is 0 Å². The van der Waals surface area contributed by atoms with Gasteiger partial charge in [-0.25, -0.2) is 0 Å². The third-order valence-corrected chi connectivity index (χ3v) is 3.14. The molecular formula is C11H24N2O. The Morgan fingerprint density at radius 1 is 1.36 bits per heavy atom. The number of rotatable bonds is 3. The fourth-order valence-corrected chi connectivity index (χ4v) is 2.12. The molecule has 3 heteroatoms. The number of ether oxygens (including phenoxy) is 1. The Labute approximate surface area is 87.2 Å². The van der Waals surface area contributed by atoms with Gasteiger partial charge in [-0.2, -0.15) is 0 Å². The van der Waals surface area contributed by atoms with E-state index in [1.54, 1.807) is 0 Å². The van der Waals surface area contributed by atoms with Crippen LogP contribution in [0.2, 0.25) is 0 Å². The van der Waals surface area contributed by atoms with Crippen LogP contribution >= 0.6 is 0 Å². The fraction of sp³-hybridized carbons (Fsp3) is 1.00. The highest BCUT2D eigenvalue weighted by molar-refractivity contribution is 4.87. The lowest BCUT2D eigenvalue weighted by Crippen LogP contribution is -2.51. The normalized spacial score (nSPS) is 36.0. The maximum atomic E-state index is 6.02. The van der Waals surface area contributed by atoms with Gasteiger partial charge in [0.15, 0.2) is 0 Å². The second-order valence-electron chi connectivity index (χ2n) is 4.70. The zero-order valence-electron chi connectivity index (χ0n) is 9.57. The van der Waals surface area contributed by atoms with E-state index in [1.165, 1.54) is 0 Å². The van der Waals surface area contributed by atoms with Crippen molar-refractivity contribution in [2.75, 3.05) is 0 Å². The van der Waals surface area contributed by atoms with Crippen LogP contribution in [-0.4, -0.2) is 24.3 Å². The van der Waals surface area contributed by atoms with E-state index in [-0.39, 0.29) is 24.3 Å². The third kappa shape index (κ3) is 2.69. The Bertz CT molecular complexity index is 173. The summed E-state index contributed by atoms with van der Waals surface area (Å²) in [6.45, 7) is 6.42. The molecule has 4 atom stereocenters. The average Bonchev–Trinajstić information content (AvgIpc) is 2.17. The molecule has 0 aromatic carbocycles. The van der Waals surface area contributed by atoms with Crippen LogP contribution in [0.3, 0.4) is 0 Å². The molecule has 0 amide bonds. The Balaban J connectivity index is 2.53. The largest absolute Gasteiger partial charge is 0.371 e. The Morgan fingerprint density at radius 3 is 2.50 bits per heavy atom. The van der Waals surface area contributed by atoms with Crippen LogP contribution in [-0.2, 0) is 4.74 Å². The molecule has 0 aromatic rings. The SMILES string of the molecule is CC[C@@H](N)[C@@H]1CC[C@@H](N)[C@@H](C(C)C)O1. The predicted octanol–water partition coefficient (Wildman–Crippen LogP) is 1.25. The molecule has 1 aliphatic heterocycles.